The van der Waals surface area contributed by atoms with Gasteiger partial charge in [0.1, 0.15) is 12.6 Å². The van der Waals surface area contributed by atoms with E-state index in [9.17, 15) is 14.7 Å². The topological polar surface area (TPSA) is 84.9 Å². The number of benzene rings is 2. The predicted molar refractivity (Wildman–Crippen MR) is 110 cm³/mol. The van der Waals surface area contributed by atoms with Crippen LogP contribution < -0.4 is 5.32 Å². The minimum Gasteiger partial charge on any atom is -0.467 e. The second kappa shape index (κ2) is 9.56. The standard InChI is InChI=1S/C23H27NO5/c1-3-15(25)12-13-21(22(26)28-2)24-23(27)29-14-20-18-10-6-4-8-16(18)17-9-5-7-11-19(17)20/h4-11,15,20-21,25H,3,12-14H2,1-2H3,(H,24,27). The van der Waals surface area contributed by atoms with Crippen molar-refractivity contribution in [2.45, 2.75) is 44.2 Å². The van der Waals surface area contributed by atoms with Crippen molar-refractivity contribution in [2.24, 2.45) is 0 Å². The van der Waals surface area contributed by atoms with Crippen LogP contribution in [0.3, 0.4) is 0 Å². The largest absolute Gasteiger partial charge is 0.467 e. The second-order valence-corrected chi connectivity index (χ2v) is 7.19. The molecule has 154 valence electrons. The van der Waals surface area contributed by atoms with E-state index >= 15 is 0 Å². The van der Waals surface area contributed by atoms with Crippen LogP contribution in [0.1, 0.15) is 43.2 Å². The molecule has 6 nitrogen and oxygen atoms in total. The Morgan fingerprint density at radius 1 is 1.03 bits per heavy atom. The zero-order valence-electron chi connectivity index (χ0n) is 16.8. The van der Waals surface area contributed by atoms with Crippen molar-refractivity contribution >= 4 is 12.1 Å². The van der Waals surface area contributed by atoms with Gasteiger partial charge in [-0.25, -0.2) is 9.59 Å². The molecule has 0 fully saturated rings. The van der Waals surface area contributed by atoms with Crippen LogP contribution in [-0.4, -0.2) is 43.0 Å². The average Bonchev–Trinajstić information content (AvgIpc) is 3.08. The van der Waals surface area contributed by atoms with Gasteiger partial charge in [0.25, 0.3) is 0 Å². The number of carbonyl (C=O) groups is 2. The number of nitrogens with one attached hydrogen (secondary N) is 1. The third-order valence-corrected chi connectivity index (χ3v) is 5.38. The minimum absolute atomic E-state index is 0.0494. The summed E-state index contributed by atoms with van der Waals surface area (Å²) in [5.74, 6) is -0.603. The van der Waals surface area contributed by atoms with Gasteiger partial charge in [-0.15, -0.1) is 0 Å². The van der Waals surface area contributed by atoms with Crippen LogP contribution in [0.25, 0.3) is 11.1 Å². The van der Waals surface area contributed by atoms with Crippen LogP contribution in [-0.2, 0) is 14.3 Å². The van der Waals surface area contributed by atoms with E-state index in [0.717, 1.165) is 22.3 Å². The third kappa shape index (κ3) is 4.77. The summed E-state index contributed by atoms with van der Waals surface area (Å²) in [5.41, 5.74) is 4.55. The first-order chi connectivity index (χ1) is 14.0. The van der Waals surface area contributed by atoms with E-state index < -0.39 is 24.2 Å². The summed E-state index contributed by atoms with van der Waals surface area (Å²) in [6.45, 7) is 2.03. The molecule has 0 aliphatic heterocycles. The van der Waals surface area contributed by atoms with Crippen molar-refractivity contribution in [1.29, 1.82) is 0 Å². The van der Waals surface area contributed by atoms with Crippen LogP contribution in [0, 0.1) is 0 Å². The number of alkyl carbamates (subject to hydrolysis) is 1. The van der Waals surface area contributed by atoms with Crippen LogP contribution in [0.15, 0.2) is 48.5 Å². The molecular weight excluding hydrogens is 370 g/mol. The molecule has 0 radical (unpaired) electrons. The summed E-state index contributed by atoms with van der Waals surface area (Å²) in [4.78, 5) is 24.3. The molecule has 0 aromatic heterocycles. The summed E-state index contributed by atoms with van der Waals surface area (Å²) in [5, 5.41) is 12.3. The maximum Gasteiger partial charge on any atom is 0.407 e. The highest BCUT2D eigenvalue weighted by Gasteiger charge is 2.30. The number of rotatable bonds is 8. The molecule has 2 N–H and O–H groups in total. The summed E-state index contributed by atoms with van der Waals surface area (Å²) < 4.78 is 10.2. The van der Waals surface area contributed by atoms with E-state index in [1.54, 1.807) is 0 Å². The Hall–Kier alpha value is -2.86. The van der Waals surface area contributed by atoms with E-state index in [-0.39, 0.29) is 18.9 Å². The van der Waals surface area contributed by atoms with Crippen LogP contribution in [0.5, 0.6) is 0 Å². The van der Waals surface area contributed by atoms with Gasteiger partial charge >= 0.3 is 12.1 Å². The highest BCUT2D eigenvalue weighted by molar-refractivity contribution is 5.82. The smallest absolute Gasteiger partial charge is 0.407 e. The molecule has 1 aliphatic carbocycles. The molecule has 0 spiro atoms. The Kier molecular flexibility index (Phi) is 6.88. The Bertz CT molecular complexity index is 820. The van der Waals surface area contributed by atoms with Gasteiger partial charge < -0.3 is 19.9 Å². The van der Waals surface area contributed by atoms with Crippen LogP contribution in [0.4, 0.5) is 4.79 Å². The molecule has 2 unspecified atom stereocenters. The molecule has 1 aliphatic rings. The second-order valence-electron chi connectivity index (χ2n) is 7.19. The number of carbonyl (C=O) groups excluding carboxylic acids is 2. The van der Waals surface area contributed by atoms with E-state index in [1.807, 2.05) is 43.3 Å². The van der Waals surface area contributed by atoms with Gasteiger partial charge in [-0.2, -0.15) is 0 Å². The molecule has 0 saturated heterocycles. The number of hydrogen-bond donors (Lipinski definition) is 2. The monoisotopic (exact) mass is 397 g/mol. The fourth-order valence-electron chi connectivity index (χ4n) is 3.74. The first kappa shape index (κ1) is 20.9. The van der Waals surface area contributed by atoms with Gasteiger partial charge in [-0.3, -0.25) is 0 Å². The fourth-order valence-corrected chi connectivity index (χ4v) is 3.74. The summed E-state index contributed by atoms with van der Waals surface area (Å²) >= 11 is 0. The zero-order chi connectivity index (χ0) is 20.8. The lowest BCUT2D eigenvalue weighted by molar-refractivity contribution is -0.143. The summed E-state index contributed by atoms with van der Waals surface area (Å²) in [6, 6.07) is 15.3. The molecule has 2 atom stereocenters. The van der Waals surface area contributed by atoms with Gasteiger partial charge in [0.15, 0.2) is 0 Å². The molecular formula is C23H27NO5. The van der Waals surface area contributed by atoms with Crippen LogP contribution in [0.2, 0.25) is 0 Å². The quantitative estimate of drug-likeness (QED) is 0.665. The zero-order valence-corrected chi connectivity index (χ0v) is 16.8. The maximum atomic E-state index is 12.4. The normalized spacial score (nSPS) is 14.4. The van der Waals surface area contributed by atoms with Gasteiger partial charge in [-0.05, 0) is 41.5 Å². The van der Waals surface area contributed by atoms with E-state index in [1.165, 1.54) is 7.11 Å². The SMILES string of the molecule is CCC(O)CCC(NC(=O)OCC1c2ccccc2-c2ccccc21)C(=O)OC. The van der Waals surface area contributed by atoms with Crippen molar-refractivity contribution in [3.63, 3.8) is 0 Å². The molecule has 0 heterocycles. The number of hydrogen-bond acceptors (Lipinski definition) is 5. The Balaban J connectivity index is 1.64. The first-order valence-electron chi connectivity index (χ1n) is 9.92. The number of ether oxygens (including phenoxy) is 2. The molecule has 1 amide bonds. The molecule has 0 saturated carbocycles. The highest BCUT2D eigenvalue weighted by Crippen LogP contribution is 2.44. The third-order valence-electron chi connectivity index (χ3n) is 5.38. The Morgan fingerprint density at radius 3 is 2.17 bits per heavy atom. The van der Waals surface area contributed by atoms with Crippen molar-refractivity contribution in [2.75, 3.05) is 13.7 Å². The Morgan fingerprint density at radius 2 is 1.62 bits per heavy atom. The highest BCUT2D eigenvalue weighted by atomic mass is 16.6. The lowest BCUT2D eigenvalue weighted by Crippen LogP contribution is -2.42. The predicted octanol–water partition coefficient (Wildman–Crippen LogP) is 3.62. The van der Waals surface area contributed by atoms with Crippen molar-refractivity contribution in [3.8, 4) is 11.1 Å². The molecule has 2 aromatic rings. The summed E-state index contributed by atoms with van der Waals surface area (Å²) in [6.07, 6.45) is 0.0599. The number of aliphatic hydroxyl groups is 1. The first-order valence-corrected chi connectivity index (χ1v) is 9.92. The van der Waals surface area contributed by atoms with Crippen molar-refractivity contribution in [3.05, 3.63) is 59.7 Å². The number of aliphatic hydroxyl groups excluding tert-OH is 1. The van der Waals surface area contributed by atoms with Gasteiger partial charge in [-0.1, -0.05) is 55.5 Å². The van der Waals surface area contributed by atoms with Crippen LogP contribution >= 0.6 is 0 Å². The Labute approximate surface area is 170 Å². The van der Waals surface area contributed by atoms with Gasteiger partial charge in [0.05, 0.1) is 13.2 Å². The fraction of sp³-hybridized carbons (Fsp3) is 0.391. The molecule has 0 bridgehead atoms. The van der Waals surface area contributed by atoms with Crippen molar-refractivity contribution < 1.29 is 24.2 Å². The number of amides is 1. The maximum absolute atomic E-state index is 12.4. The number of fused-ring (bicyclic) bond motifs is 3. The number of esters is 1. The molecule has 29 heavy (non-hydrogen) atoms. The lowest BCUT2D eigenvalue weighted by atomic mass is 9.98. The molecule has 3 rings (SSSR count). The van der Waals surface area contributed by atoms with Crippen molar-refractivity contribution in [1.82, 2.24) is 5.32 Å². The molecule has 6 heteroatoms. The minimum atomic E-state index is -0.850. The average molecular weight is 397 g/mol. The van der Waals surface area contributed by atoms with E-state index in [0.29, 0.717) is 12.8 Å². The molecule has 2 aromatic carbocycles. The number of methoxy groups -OCH3 is 1. The van der Waals surface area contributed by atoms with Gasteiger partial charge in [0.2, 0.25) is 0 Å². The van der Waals surface area contributed by atoms with E-state index in [2.05, 4.69) is 17.4 Å². The summed E-state index contributed by atoms with van der Waals surface area (Å²) in [7, 11) is 1.27. The van der Waals surface area contributed by atoms with E-state index in [4.69, 9.17) is 9.47 Å². The lowest BCUT2D eigenvalue weighted by Gasteiger charge is -2.19. The van der Waals surface area contributed by atoms with Gasteiger partial charge in [0, 0.05) is 5.92 Å².